The van der Waals surface area contributed by atoms with Gasteiger partial charge in [-0.1, -0.05) is 26.1 Å². The summed E-state index contributed by atoms with van der Waals surface area (Å²) in [6.07, 6.45) is 10.9. The van der Waals surface area contributed by atoms with Crippen LogP contribution in [0.5, 0.6) is 0 Å². The summed E-state index contributed by atoms with van der Waals surface area (Å²) in [5.74, 6) is 0.975. The van der Waals surface area contributed by atoms with E-state index in [1.165, 1.54) is 12.8 Å². The number of hydrazine groups is 1. The van der Waals surface area contributed by atoms with Crippen LogP contribution >= 0.6 is 0 Å². The van der Waals surface area contributed by atoms with Crippen molar-refractivity contribution in [3.05, 3.63) is 41.2 Å². The van der Waals surface area contributed by atoms with Gasteiger partial charge in [0.25, 0.3) is 0 Å². The van der Waals surface area contributed by atoms with E-state index in [4.69, 9.17) is 9.73 Å². The van der Waals surface area contributed by atoms with Gasteiger partial charge < -0.3 is 4.74 Å². The quantitative estimate of drug-likeness (QED) is 0.509. The molecule has 1 atom stereocenters. The van der Waals surface area contributed by atoms with Gasteiger partial charge in [0.2, 0.25) is 0 Å². The maximum atomic E-state index is 5.94. The predicted molar refractivity (Wildman–Crippen MR) is 114 cm³/mol. The van der Waals surface area contributed by atoms with Gasteiger partial charge in [-0.15, -0.1) is 0 Å². The van der Waals surface area contributed by atoms with Crippen LogP contribution in [0, 0.1) is 0 Å². The summed E-state index contributed by atoms with van der Waals surface area (Å²) in [5.41, 5.74) is 0. The molecule has 2 aliphatic rings. The largest absolute Gasteiger partial charge is 0.359 e. The number of pyridine rings is 1. The zero-order valence-corrected chi connectivity index (χ0v) is 18.7. The number of aromatic nitrogens is 4. The molecule has 0 spiro atoms. The highest BCUT2D eigenvalue weighted by Crippen LogP contribution is 2.31. The highest BCUT2D eigenvalue weighted by molar-refractivity contribution is 6.76. The van der Waals surface area contributed by atoms with Crippen LogP contribution in [0.15, 0.2) is 29.8 Å². The van der Waals surface area contributed by atoms with E-state index in [1.807, 2.05) is 16.9 Å². The van der Waals surface area contributed by atoms with Crippen LogP contribution in [0.1, 0.15) is 31.1 Å². The molecule has 156 valence electrons. The Morgan fingerprint density at radius 1 is 1.24 bits per heavy atom. The second kappa shape index (κ2) is 8.72. The summed E-state index contributed by atoms with van der Waals surface area (Å²) < 4.78 is 7.86. The van der Waals surface area contributed by atoms with E-state index in [1.54, 1.807) is 12.5 Å². The van der Waals surface area contributed by atoms with Gasteiger partial charge >= 0.3 is 0 Å². The van der Waals surface area contributed by atoms with E-state index in [0.717, 1.165) is 42.0 Å². The van der Waals surface area contributed by atoms with Crippen LogP contribution in [-0.4, -0.2) is 57.7 Å². The lowest BCUT2D eigenvalue weighted by atomic mass is 10.0. The third-order valence-electron chi connectivity index (χ3n) is 5.46. The zero-order valence-electron chi connectivity index (χ0n) is 17.7. The predicted octanol–water partition coefficient (Wildman–Crippen LogP) is 1.76. The van der Waals surface area contributed by atoms with E-state index < -0.39 is 8.07 Å². The topological polar surface area (TPSA) is 71.7 Å². The molecule has 0 saturated carbocycles. The summed E-state index contributed by atoms with van der Waals surface area (Å²) in [5, 5.41) is 11.1. The second-order valence-corrected chi connectivity index (χ2v) is 14.6. The van der Waals surface area contributed by atoms with Crippen molar-refractivity contribution in [2.75, 3.05) is 19.8 Å². The number of hydrogen-bond acceptors (Lipinski definition) is 7. The Balaban J connectivity index is 1.49. The minimum atomic E-state index is -1.09. The van der Waals surface area contributed by atoms with Gasteiger partial charge in [0.1, 0.15) is 25.6 Å². The number of fused-ring (bicyclic) bond motifs is 1. The molecule has 0 aromatic carbocycles. The van der Waals surface area contributed by atoms with Crippen LogP contribution in [0.4, 0.5) is 0 Å². The van der Waals surface area contributed by atoms with E-state index >= 15 is 0 Å². The Hall–Kier alpha value is -2.10. The molecular weight excluding hydrogens is 382 g/mol. The van der Waals surface area contributed by atoms with Crippen molar-refractivity contribution < 1.29 is 4.74 Å². The number of hydrogen-bond donors (Lipinski definition) is 0. The van der Waals surface area contributed by atoms with Gasteiger partial charge in [0.05, 0.1) is 11.4 Å². The fourth-order valence-corrected chi connectivity index (χ4v) is 4.55. The maximum Gasteiger partial charge on any atom is 0.148 e. The highest BCUT2D eigenvalue weighted by Gasteiger charge is 2.31. The Morgan fingerprint density at radius 2 is 2.14 bits per heavy atom. The first-order valence-electron chi connectivity index (χ1n) is 10.5. The van der Waals surface area contributed by atoms with Crippen LogP contribution in [0.2, 0.25) is 25.7 Å². The SMILES string of the molecule is C[Si](C)(C)CCOCn1ncnc1C1CCCCN1N1C=c2cnccc2=NC1. The molecule has 0 N–H and O–H groups in total. The molecule has 9 heteroatoms. The third kappa shape index (κ3) is 4.91. The second-order valence-electron chi connectivity index (χ2n) is 8.94. The zero-order chi connectivity index (χ0) is 20.3. The lowest BCUT2D eigenvalue weighted by molar-refractivity contribution is -0.0368. The summed E-state index contributed by atoms with van der Waals surface area (Å²) in [6.45, 7) is 9.95. The van der Waals surface area contributed by atoms with Gasteiger partial charge in [0, 0.05) is 45.0 Å². The normalized spacial score (nSPS) is 20.1. The van der Waals surface area contributed by atoms with Crippen LogP contribution in [0.25, 0.3) is 6.20 Å². The van der Waals surface area contributed by atoms with E-state index in [9.17, 15) is 0 Å². The van der Waals surface area contributed by atoms with E-state index in [2.05, 4.69) is 50.9 Å². The molecule has 1 unspecified atom stereocenters. The van der Waals surface area contributed by atoms with Crippen LogP contribution in [-0.2, 0) is 11.5 Å². The molecule has 0 radical (unpaired) electrons. The fourth-order valence-electron chi connectivity index (χ4n) is 3.79. The third-order valence-corrected chi connectivity index (χ3v) is 7.16. The summed E-state index contributed by atoms with van der Waals surface area (Å²) in [4.78, 5) is 13.6. The van der Waals surface area contributed by atoms with Crippen molar-refractivity contribution in [3.63, 3.8) is 0 Å². The standard InChI is InChI=1S/C20H31N7OSi/c1-29(2,3)11-10-28-16-26-20(22-14-24-26)19-6-4-5-9-27(19)25-13-17-12-21-8-7-18(17)23-15-25/h7-8,12-14,19H,4-6,9-11,15-16H2,1-3H3. The van der Waals surface area contributed by atoms with Crippen molar-refractivity contribution >= 4 is 14.3 Å². The summed E-state index contributed by atoms with van der Waals surface area (Å²) >= 11 is 0. The maximum absolute atomic E-state index is 5.94. The van der Waals surface area contributed by atoms with Crippen molar-refractivity contribution in [2.45, 2.75) is 57.7 Å². The molecule has 1 saturated heterocycles. The van der Waals surface area contributed by atoms with Gasteiger partial charge in [-0.3, -0.25) is 15.0 Å². The van der Waals surface area contributed by atoms with Crippen molar-refractivity contribution in [3.8, 4) is 0 Å². The minimum Gasteiger partial charge on any atom is -0.359 e. The summed E-state index contributed by atoms with van der Waals surface area (Å²) in [7, 11) is -1.09. The van der Waals surface area contributed by atoms with Crippen LogP contribution < -0.4 is 10.6 Å². The van der Waals surface area contributed by atoms with E-state index in [0.29, 0.717) is 13.4 Å². The molecular formula is C20H31N7OSi. The minimum absolute atomic E-state index is 0.177. The smallest absolute Gasteiger partial charge is 0.148 e. The Morgan fingerprint density at radius 3 is 3.00 bits per heavy atom. The fraction of sp³-hybridized carbons (Fsp3) is 0.600. The first-order valence-corrected chi connectivity index (χ1v) is 14.2. The highest BCUT2D eigenvalue weighted by atomic mass is 28.3. The average Bonchev–Trinajstić information content (AvgIpc) is 3.18. The van der Waals surface area contributed by atoms with E-state index in [-0.39, 0.29) is 6.04 Å². The molecule has 1 fully saturated rings. The van der Waals surface area contributed by atoms with Gasteiger partial charge in [0.15, 0.2) is 0 Å². The first kappa shape index (κ1) is 20.2. The Bertz CT molecular complexity index is 939. The number of piperidine rings is 1. The molecule has 4 rings (SSSR count). The van der Waals surface area contributed by atoms with Crippen molar-refractivity contribution in [1.82, 2.24) is 29.8 Å². The lowest BCUT2D eigenvalue weighted by Crippen LogP contribution is -2.49. The van der Waals surface area contributed by atoms with Gasteiger partial charge in [-0.2, -0.15) is 5.10 Å². The molecule has 2 aliphatic heterocycles. The molecule has 2 aromatic heterocycles. The van der Waals surface area contributed by atoms with Crippen molar-refractivity contribution in [1.29, 1.82) is 0 Å². The number of rotatable bonds is 7. The summed E-state index contributed by atoms with van der Waals surface area (Å²) in [6, 6.07) is 3.30. The molecule has 0 aliphatic carbocycles. The Kier molecular flexibility index (Phi) is 6.07. The monoisotopic (exact) mass is 413 g/mol. The molecule has 0 bridgehead atoms. The average molecular weight is 414 g/mol. The van der Waals surface area contributed by atoms with Gasteiger partial charge in [-0.05, 0) is 25.0 Å². The number of nitrogens with zero attached hydrogens (tertiary/aromatic N) is 7. The molecule has 4 heterocycles. The van der Waals surface area contributed by atoms with Gasteiger partial charge in [-0.25, -0.2) is 14.7 Å². The number of ether oxygens (including phenoxy) is 1. The first-order chi connectivity index (χ1) is 14.0. The molecule has 29 heavy (non-hydrogen) atoms. The lowest BCUT2D eigenvalue weighted by Gasteiger charge is -2.42. The Labute approximate surface area is 172 Å². The van der Waals surface area contributed by atoms with Crippen molar-refractivity contribution in [2.24, 2.45) is 4.99 Å². The molecule has 0 amide bonds. The molecule has 2 aromatic rings. The molecule has 8 nitrogen and oxygen atoms in total. The van der Waals surface area contributed by atoms with Crippen LogP contribution in [0.3, 0.4) is 0 Å².